The molecule has 6 heteroatoms. The topological polar surface area (TPSA) is 66.9 Å². The van der Waals surface area contributed by atoms with E-state index in [9.17, 15) is 9.59 Å². The van der Waals surface area contributed by atoms with Crippen LogP contribution in [0.25, 0.3) is 10.9 Å². The molecule has 0 aliphatic rings. The lowest BCUT2D eigenvalue weighted by Crippen LogP contribution is -2.33. The van der Waals surface area contributed by atoms with Crippen molar-refractivity contribution in [1.29, 1.82) is 0 Å². The van der Waals surface area contributed by atoms with Crippen LogP contribution in [0, 0.1) is 4.77 Å². The Balaban J connectivity index is 1.72. The number of nitrogens with zero attached hydrogens (tertiary/aromatic N) is 1. The SMILES string of the molecule is C[C@@H](CCc1ccccc1)NC(=O)c1ccc2c(=O)n(C)c(=S)[nH]c2c1. The Labute approximate surface area is 156 Å². The highest BCUT2D eigenvalue weighted by molar-refractivity contribution is 7.71. The van der Waals surface area contributed by atoms with E-state index in [0.717, 1.165) is 12.8 Å². The van der Waals surface area contributed by atoms with Crippen molar-refractivity contribution in [1.82, 2.24) is 14.9 Å². The summed E-state index contributed by atoms with van der Waals surface area (Å²) in [5, 5.41) is 3.52. The first-order valence-corrected chi connectivity index (χ1v) is 8.94. The molecule has 134 valence electrons. The van der Waals surface area contributed by atoms with Gasteiger partial charge in [0, 0.05) is 18.7 Å². The summed E-state index contributed by atoms with van der Waals surface area (Å²) in [6.07, 6.45) is 1.76. The Bertz CT molecular complexity index is 1050. The number of carbonyl (C=O) groups is 1. The summed E-state index contributed by atoms with van der Waals surface area (Å²) in [6.45, 7) is 1.99. The highest BCUT2D eigenvalue weighted by Gasteiger charge is 2.12. The van der Waals surface area contributed by atoms with Crippen LogP contribution in [0.1, 0.15) is 29.3 Å². The highest BCUT2D eigenvalue weighted by Crippen LogP contribution is 2.11. The van der Waals surface area contributed by atoms with Gasteiger partial charge in [-0.2, -0.15) is 0 Å². The molecule has 1 aromatic heterocycles. The van der Waals surface area contributed by atoms with Crippen molar-refractivity contribution in [3.63, 3.8) is 0 Å². The minimum atomic E-state index is -0.174. The van der Waals surface area contributed by atoms with Gasteiger partial charge in [0.2, 0.25) is 0 Å². The molecule has 0 radical (unpaired) electrons. The Morgan fingerprint density at radius 3 is 2.69 bits per heavy atom. The monoisotopic (exact) mass is 367 g/mol. The quantitative estimate of drug-likeness (QED) is 0.680. The summed E-state index contributed by atoms with van der Waals surface area (Å²) in [7, 11) is 1.62. The second kappa shape index (κ2) is 7.66. The molecule has 0 aliphatic heterocycles. The van der Waals surface area contributed by atoms with Crippen LogP contribution in [0.5, 0.6) is 0 Å². The number of amides is 1. The lowest BCUT2D eigenvalue weighted by atomic mass is 10.1. The summed E-state index contributed by atoms with van der Waals surface area (Å²) in [6, 6.07) is 15.2. The Kier molecular flexibility index (Phi) is 5.32. The average Bonchev–Trinajstić information content (AvgIpc) is 2.65. The Morgan fingerprint density at radius 2 is 1.96 bits per heavy atom. The van der Waals surface area contributed by atoms with Gasteiger partial charge in [0.15, 0.2) is 4.77 Å². The number of hydrogen-bond donors (Lipinski definition) is 2. The zero-order valence-corrected chi connectivity index (χ0v) is 15.6. The molecule has 2 N–H and O–H groups in total. The highest BCUT2D eigenvalue weighted by atomic mass is 32.1. The van der Waals surface area contributed by atoms with Crippen molar-refractivity contribution >= 4 is 29.0 Å². The molecule has 0 aliphatic carbocycles. The summed E-state index contributed by atoms with van der Waals surface area (Å²) < 4.78 is 1.71. The number of hydrogen-bond acceptors (Lipinski definition) is 3. The minimum absolute atomic E-state index is 0.0422. The summed E-state index contributed by atoms with van der Waals surface area (Å²) in [5.41, 5.74) is 2.15. The first kappa shape index (κ1) is 18.1. The number of carbonyl (C=O) groups excluding carboxylic acids is 1. The van der Waals surface area contributed by atoms with Gasteiger partial charge < -0.3 is 10.3 Å². The first-order chi connectivity index (χ1) is 12.5. The van der Waals surface area contributed by atoms with Crippen molar-refractivity contribution in [2.75, 3.05) is 0 Å². The molecule has 3 rings (SSSR count). The number of aromatic amines is 1. The van der Waals surface area contributed by atoms with Gasteiger partial charge in [0.25, 0.3) is 11.5 Å². The molecule has 26 heavy (non-hydrogen) atoms. The van der Waals surface area contributed by atoms with Crippen LogP contribution < -0.4 is 10.9 Å². The van der Waals surface area contributed by atoms with Gasteiger partial charge in [-0.3, -0.25) is 14.2 Å². The third-order valence-corrected chi connectivity index (χ3v) is 4.83. The second-order valence-electron chi connectivity index (χ2n) is 6.45. The van der Waals surface area contributed by atoms with Crippen molar-refractivity contribution in [2.45, 2.75) is 25.8 Å². The van der Waals surface area contributed by atoms with Gasteiger partial charge in [-0.15, -0.1) is 0 Å². The van der Waals surface area contributed by atoms with E-state index in [0.29, 0.717) is 21.2 Å². The molecule has 0 fully saturated rings. The zero-order valence-electron chi connectivity index (χ0n) is 14.8. The molecule has 3 aromatic rings. The summed E-state index contributed by atoms with van der Waals surface area (Å²) >= 11 is 5.13. The van der Waals surface area contributed by atoms with Gasteiger partial charge >= 0.3 is 0 Å². The average molecular weight is 367 g/mol. The maximum atomic E-state index is 12.5. The molecule has 0 unspecified atom stereocenters. The van der Waals surface area contributed by atoms with Crippen LogP contribution in [0.3, 0.4) is 0 Å². The standard InChI is InChI=1S/C20H21N3O2S/c1-13(8-9-14-6-4-3-5-7-14)21-18(24)15-10-11-16-17(12-15)22-20(26)23(2)19(16)25/h3-7,10-13H,8-9H2,1-2H3,(H,21,24)(H,22,26)/t13-/m0/s1. The third-order valence-electron chi connectivity index (χ3n) is 4.45. The van der Waals surface area contributed by atoms with Crippen LogP contribution in [0.2, 0.25) is 0 Å². The van der Waals surface area contributed by atoms with Gasteiger partial charge in [-0.25, -0.2) is 0 Å². The van der Waals surface area contributed by atoms with Crippen LogP contribution >= 0.6 is 12.2 Å². The number of rotatable bonds is 5. The number of H-pyrrole nitrogens is 1. The van der Waals surface area contributed by atoms with Crippen LogP contribution in [0.4, 0.5) is 0 Å². The Hall–Kier alpha value is -2.73. The molecule has 0 saturated heterocycles. The molecule has 5 nitrogen and oxygen atoms in total. The molecule has 0 saturated carbocycles. The lowest BCUT2D eigenvalue weighted by Gasteiger charge is -2.14. The van der Waals surface area contributed by atoms with Crippen molar-refractivity contribution in [3.8, 4) is 0 Å². The molecule has 1 amide bonds. The van der Waals surface area contributed by atoms with Crippen LogP contribution in [-0.4, -0.2) is 21.5 Å². The number of nitrogens with one attached hydrogen (secondary N) is 2. The number of fused-ring (bicyclic) bond motifs is 1. The molecule has 1 atom stereocenters. The number of aromatic nitrogens is 2. The number of benzene rings is 2. The maximum Gasteiger partial charge on any atom is 0.261 e. The minimum Gasteiger partial charge on any atom is -0.350 e. The fourth-order valence-electron chi connectivity index (χ4n) is 2.85. The van der Waals surface area contributed by atoms with Crippen molar-refractivity contribution in [2.24, 2.45) is 7.05 Å². The van der Waals surface area contributed by atoms with Gasteiger partial charge in [0.05, 0.1) is 10.9 Å². The van der Waals surface area contributed by atoms with E-state index in [-0.39, 0.29) is 17.5 Å². The predicted octanol–water partition coefficient (Wildman–Crippen LogP) is 3.35. The summed E-state index contributed by atoms with van der Waals surface area (Å²) in [5.74, 6) is -0.160. The molecular formula is C20H21N3O2S. The Morgan fingerprint density at radius 1 is 1.23 bits per heavy atom. The largest absolute Gasteiger partial charge is 0.350 e. The second-order valence-corrected chi connectivity index (χ2v) is 6.84. The normalized spacial score (nSPS) is 12.1. The van der Waals surface area contributed by atoms with Crippen LogP contribution in [0.15, 0.2) is 53.3 Å². The lowest BCUT2D eigenvalue weighted by molar-refractivity contribution is 0.0938. The summed E-state index contributed by atoms with van der Waals surface area (Å²) in [4.78, 5) is 27.7. The first-order valence-electron chi connectivity index (χ1n) is 8.53. The smallest absolute Gasteiger partial charge is 0.261 e. The van der Waals surface area contributed by atoms with E-state index in [1.54, 1.807) is 25.2 Å². The van der Waals surface area contributed by atoms with Gasteiger partial charge in [-0.05, 0) is 55.7 Å². The van der Waals surface area contributed by atoms with Crippen molar-refractivity contribution in [3.05, 3.63) is 74.8 Å². The number of aryl methyl sites for hydroxylation is 1. The van der Waals surface area contributed by atoms with E-state index in [1.807, 2.05) is 25.1 Å². The van der Waals surface area contributed by atoms with E-state index in [4.69, 9.17) is 12.2 Å². The fourth-order valence-corrected chi connectivity index (χ4v) is 3.05. The predicted molar refractivity (Wildman–Crippen MR) is 106 cm³/mol. The van der Waals surface area contributed by atoms with E-state index >= 15 is 0 Å². The van der Waals surface area contributed by atoms with Gasteiger partial charge in [0.1, 0.15) is 0 Å². The molecule has 1 heterocycles. The zero-order chi connectivity index (χ0) is 18.7. The van der Waals surface area contributed by atoms with E-state index < -0.39 is 0 Å². The third kappa shape index (κ3) is 3.91. The maximum absolute atomic E-state index is 12.5. The van der Waals surface area contributed by atoms with Gasteiger partial charge in [-0.1, -0.05) is 30.3 Å². The van der Waals surface area contributed by atoms with E-state index in [1.165, 1.54) is 10.1 Å². The molecular weight excluding hydrogens is 346 g/mol. The molecule has 0 bridgehead atoms. The molecule has 0 spiro atoms. The van der Waals surface area contributed by atoms with E-state index in [2.05, 4.69) is 22.4 Å². The van der Waals surface area contributed by atoms with Crippen LogP contribution in [-0.2, 0) is 13.5 Å². The molecule has 2 aromatic carbocycles. The van der Waals surface area contributed by atoms with Crippen molar-refractivity contribution < 1.29 is 4.79 Å². The fraction of sp³-hybridized carbons (Fsp3) is 0.250.